The lowest BCUT2D eigenvalue weighted by Gasteiger charge is -2.32. The Bertz CT molecular complexity index is 1240. The topological polar surface area (TPSA) is 114 Å². The van der Waals surface area contributed by atoms with Gasteiger partial charge in [0.15, 0.2) is 11.5 Å². The predicted molar refractivity (Wildman–Crippen MR) is 126 cm³/mol. The van der Waals surface area contributed by atoms with Gasteiger partial charge in [0.2, 0.25) is 0 Å². The largest absolute Gasteiger partial charge is 0.496 e. The second-order valence-electron chi connectivity index (χ2n) is 7.96. The molecule has 4 rings (SSSR count). The quantitative estimate of drug-likeness (QED) is 0.565. The molecule has 1 aromatic heterocycles. The van der Waals surface area contributed by atoms with Crippen LogP contribution in [0.25, 0.3) is 0 Å². The molecule has 1 saturated heterocycles. The van der Waals surface area contributed by atoms with Gasteiger partial charge in [-0.05, 0) is 43.2 Å². The average Bonchev–Trinajstić information content (AvgIpc) is 2.89. The first-order valence-electron chi connectivity index (χ1n) is 11.1. The summed E-state index contributed by atoms with van der Waals surface area (Å²) in [7, 11) is 1.52. The molecule has 1 fully saturated rings. The van der Waals surface area contributed by atoms with Gasteiger partial charge in [-0.1, -0.05) is 18.2 Å². The van der Waals surface area contributed by atoms with Crippen molar-refractivity contribution in [2.24, 2.45) is 0 Å². The van der Waals surface area contributed by atoms with Crippen LogP contribution in [0.4, 0.5) is 10.2 Å². The summed E-state index contributed by atoms with van der Waals surface area (Å²) < 4.78 is 18.7. The van der Waals surface area contributed by atoms with Gasteiger partial charge in [-0.15, -0.1) is 0 Å². The van der Waals surface area contributed by atoms with Crippen LogP contribution in [0.2, 0.25) is 0 Å². The lowest BCUT2D eigenvalue weighted by Crippen LogP contribution is -2.46. The molecule has 9 nitrogen and oxygen atoms in total. The van der Waals surface area contributed by atoms with Crippen molar-refractivity contribution in [1.29, 1.82) is 0 Å². The summed E-state index contributed by atoms with van der Waals surface area (Å²) >= 11 is 0. The van der Waals surface area contributed by atoms with Crippen LogP contribution in [-0.4, -0.2) is 58.8 Å². The van der Waals surface area contributed by atoms with Crippen molar-refractivity contribution in [2.75, 3.05) is 25.5 Å². The number of hydrogen-bond acceptors (Lipinski definition) is 6. The van der Waals surface area contributed by atoms with Crippen LogP contribution in [0.1, 0.15) is 44.0 Å². The Hall–Kier alpha value is -4.34. The van der Waals surface area contributed by atoms with Crippen molar-refractivity contribution in [3.8, 4) is 5.75 Å². The summed E-state index contributed by atoms with van der Waals surface area (Å²) in [4.78, 5) is 48.1. The molecule has 2 heterocycles. The molecule has 180 valence electrons. The van der Waals surface area contributed by atoms with Gasteiger partial charge in [-0.25, -0.2) is 14.4 Å². The molecule has 35 heavy (non-hydrogen) atoms. The maximum absolute atomic E-state index is 13.4. The third kappa shape index (κ3) is 5.60. The minimum absolute atomic E-state index is 0.0250. The molecule has 3 amide bonds. The first-order chi connectivity index (χ1) is 17.0. The molecule has 2 N–H and O–H groups in total. The number of amides is 3. The zero-order valence-corrected chi connectivity index (χ0v) is 19.0. The van der Waals surface area contributed by atoms with Gasteiger partial charge in [0, 0.05) is 37.1 Å². The van der Waals surface area contributed by atoms with Crippen molar-refractivity contribution in [3.05, 3.63) is 83.6 Å². The molecule has 0 bridgehead atoms. The van der Waals surface area contributed by atoms with Crippen LogP contribution >= 0.6 is 0 Å². The maximum atomic E-state index is 13.4. The molecule has 3 aromatic rings. The summed E-state index contributed by atoms with van der Waals surface area (Å²) in [6.45, 7) is 0.928. The van der Waals surface area contributed by atoms with Gasteiger partial charge in [-0.3, -0.25) is 14.4 Å². The second-order valence-corrected chi connectivity index (χ2v) is 7.96. The minimum atomic E-state index is -0.609. The van der Waals surface area contributed by atoms with E-state index < -0.39 is 17.6 Å². The first kappa shape index (κ1) is 23.8. The molecule has 1 aliphatic rings. The van der Waals surface area contributed by atoms with Crippen LogP contribution < -0.4 is 15.4 Å². The van der Waals surface area contributed by atoms with E-state index >= 15 is 0 Å². The number of likely N-dealkylation sites (tertiary alicyclic amines) is 1. The summed E-state index contributed by atoms with van der Waals surface area (Å²) in [6, 6.07) is 12.1. The van der Waals surface area contributed by atoms with E-state index in [1.165, 1.54) is 37.7 Å². The van der Waals surface area contributed by atoms with Gasteiger partial charge < -0.3 is 20.3 Å². The molecule has 0 aliphatic carbocycles. The van der Waals surface area contributed by atoms with Crippen molar-refractivity contribution in [2.45, 2.75) is 18.9 Å². The van der Waals surface area contributed by atoms with E-state index in [1.807, 2.05) is 0 Å². The first-order valence-corrected chi connectivity index (χ1v) is 11.1. The van der Waals surface area contributed by atoms with Gasteiger partial charge >= 0.3 is 0 Å². The molecular weight excluding hydrogens is 453 g/mol. The Morgan fingerprint density at radius 2 is 1.74 bits per heavy atom. The van der Waals surface area contributed by atoms with Crippen molar-refractivity contribution < 1.29 is 23.5 Å². The van der Waals surface area contributed by atoms with Crippen LogP contribution in [0.5, 0.6) is 5.75 Å². The normalized spacial score (nSPS) is 13.7. The number of aromatic nitrogens is 2. The SMILES string of the molecule is COc1ccccc1C(=O)N1CCC(NC(=O)c2nccnc2NC(=O)c2cccc(F)c2)CC1. The third-order valence-corrected chi connectivity index (χ3v) is 5.69. The fraction of sp³-hybridized carbons (Fsp3) is 0.240. The maximum Gasteiger partial charge on any atom is 0.273 e. The van der Waals surface area contributed by atoms with Crippen molar-refractivity contribution in [3.63, 3.8) is 0 Å². The highest BCUT2D eigenvalue weighted by molar-refractivity contribution is 6.07. The Kier molecular flexibility index (Phi) is 7.30. The Labute approximate surface area is 201 Å². The number of rotatable bonds is 6. The monoisotopic (exact) mass is 477 g/mol. The number of ether oxygens (including phenoxy) is 1. The molecule has 0 unspecified atom stereocenters. The number of anilines is 1. The van der Waals surface area contributed by atoms with Crippen molar-refractivity contribution >= 4 is 23.5 Å². The van der Waals surface area contributed by atoms with Crippen LogP contribution in [-0.2, 0) is 0 Å². The number of halogens is 1. The van der Waals surface area contributed by atoms with Crippen LogP contribution in [0.15, 0.2) is 60.9 Å². The number of methoxy groups -OCH3 is 1. The van der Waals surface area contributed by atoms with E-state index in [0.717, 1.165) is 6.07 Å². The highest BCUT2D eigenvalue weighted by Gasteiger charge is 2.27. The van der Waals surface area contributed by atoms with Crippen LogP contribution in [0, 0.1) is 5.82 Å². The number of benzene rings is 2. The zero-order chi connectivity index (χ0) is 24.8. The van der Waals surface area contributed by atoms with E-state index in [-0.39, 0.29) is 29.0 Å². The van der Waals surface area contributed by atoms with Gasteiger partial charge in [0.05, 0.1) is 12.7 Å². The third-order valence-electron chi connectivity index (χ3n) is 5.69. The Balaban J connectivity index is 1.37. The van der Waals surface area contributed by atoms with Gasteiger partial charge in [0.1, 0.15) is 11.6 Å². The lowest BCUT2D eigenvalue weighted by molar-refractivity contribution is 0.0694. The lowest BCUT2D eigenvalue weighted by atomic mass is 10.0. The molecule has 1 aliphatic heterocycles. The number of nitrogens with zero attached hydrogens (tertiary/aromatic N) is 3. The van der Waals surface area contributed by atoms with E-state index in [1.54, 1.807) is 29.2 Å². The van der Waals surface area contributed by atoms with Crippen molar-refractivity contribution in [1.82, 2.24) is 20.2 Å². The summed E-state index contributed by atoms with van der Waals surface area (Å²) in [6.07, 6.45) is 3.80. The number of hydrogen-bond donors (Lipinski definition) is 2. The fourth-order valence-electron chi connectivity index (χ4n) is 3.88. The standard InChI is InChI=1S/C25H24FN5O4/c1-35-20-8-3-2-7-19(20)25(34)31-13-9-18(10-14-31)29-24(33)21-22(28-12-11-27-21)30-23(32)16-5-4-6-17(26)15-16/h2-8,11-12,15,18H,9-10,13-14H2,1H3,(H,29,33)(H,28,30,32). The summed E-state index contributed by atoms with van der Waals surface area (Å²) in [5, 5.41) is 5.42. The zero-order valence-electron chi connectivity index (χ0n) is 19.0. The highest BCUT2D eigenvalue weighted by atomic mass is 19.1. The predicted octanol–water partition coefficient (Wildman–Crippen LogP) is 2.91. The van der Waals surface area contributed by atoms with E-state index in [2.05, 4.69) is 20.6 Å². The molecule has 0 spiro atoms. The Morgan fingerprint density at radius 1 is 1.00 bits per heavy atom. The smallest absolute Gasteiger partial charge is 0.273 e. The molecule has 0 atom stereocenters. The van der Waals surface area contributed by atoms with Gasteiger partial charge in [-0.2, -0.15) is 0 Å². The molecule has 2 aromatic carbocycles. The summed E-state index contributed by atoms with van der Waals surface area (Å²) in [5.41, 5.74) is 0.537. The number of carbonyl (C=O) groups is 3. The molecular formula is C25H24FN5O4. The number of carbonyl (C=O) groups excluding carboxylic acids is 3. The number of para-hydroxylation sites is 1. The van der Waals surface area contributed by atoms with Gasteiger partial charge in [0.25, 0.3) is 17.7 Å². The van der Waals surface area contributed by atoms with E-state index in [9.17, 15) is 18.8 Å². The minimum Gasteiger partial charge on any atom is -0.496 e. The summed E-state index contributed by atoms with van der Waals surface area (Å²) in [5.74, 6) is -1.29. The molecule has 0 radical (unpaired) electrons. The Morgan fingerprint density at radius 3 is 2.49 bits per heavy atom. The second kappa shape index (κ2) is 10.7. The average molecular weight is 477 g/mol. The molecule has 10 heteroatoms. The van der Waals surface area contributed by atoms with E-state index in [4.69, 9.17) is 4.74 Å². The fourth-order valence-corrected chi connectivity index (χ4v) is 3.88. The highest BCUT2D eigenvalue weighted by Crippen LogP contribution is 2.22. The molecule has 0 saturated carbocycles. The van der Waals surface area contributed by atoms with E-state index in [0.29, 0.717) is 37.2 Å². The number of nitrogens with one attached hydrogen (secondary N) is 2. The van der Waals surface area contributed by atoms with Crippen LogP contribution in [0.3, 0.4) is 0 Å². The number of piperidine rings is 1.